The van der Waals surface area contributed by atoms with Crippen LogP contribution >= 0.6 is 0 Å². The number of likely N-dealkylation sites (N-methyl/N-ethyl adjacent to an activating group) is 1. The summed E-state index contributed by atoms with van der Waals surface area (Å²) < 4.78 is 69.7. The lowest BCUT2D eigenvalue weighted by Crippen LogP contribution is -2.28. The van der Waals surface area contributed by atoms with Crippen LogP contribution in [0.25, 0.3) is 11.4 Å². The average Bonchev–Trinajstić information content (AvgIpc) is 3.53. The van der Waals surface area contributed by atoms with Crippen molar-refractivity contribution in [1.82, 2.24) is 25.7 Å². The molecule has 0 aliphatic carbocycles. The van der Waals surface area contributed by atoms with Crippen molar-refractivity contribution >= 4 is 43.2 Å². The molecule has 16 heteroatoms. The Morgan fingerprint density at radius 3 is 2.12 bits per heavy atom. The van der Waals surface area contributed by atoms with Crippen molar-refractivity contribution in [1.29, 1.82) is 0 Å². The van der Waals surface area contributed by atoms with Crippen LogP contribution in [-0.4, -0.2) is 75.6 Å². The fourth-order valence-electron chi connectivity index (χ4n) is 7.68. The number of carbonyl (C=O) groups is 1. The number of hydrogen-bond donors (Lipinski definition) is 3. The van der Waals surface area contributed by atoms with E-state index in [1.54, 1.807) is 12.1 Å². The first kappa shape index (κ1) is 42.2. The first-order valence-corrected chi connectivity index (χ1v) is 21.9. The summed E-state index contributed by atoms with van der Waals surface area (Å²) in [7, 11) is -8.77. The summed E-state index contributed by atoms with van der Waals surface area (Å²) in [5.41, 5.74) is 5.83. The number of unbranched alkanes of at least 4 members (excludes halogenated alkanes) is 2. The van der Waals surface area contributed by atoms with Crippen LogP contribution in [0.2, 0.25) is 0 Å². The molecule has 0 unspecified atom stereocenters. The first-order chi connectivity index (χ1) is 27.4. The molecule has 0 radical (unpaired) electrons. The van der Waals surface area contributed by atoms with Gasteiger partial charge in [-0.15, -0.1) is 20.4 Å². The van der Waals surface area contributed by atoms with Crippen molar-refractivity contribution in [3.63, 3.8) is 0 Å². The Morgan fingerprint density at radius 1 is 0.810 bits per heavy atom. The van der Waals surface area contributed by atoms with Crippen LogP contribution in [0.5, 0.6) is 0 Å². The van der Waals surface area contributed by atoms with E-state index < -0.39 is 31.1 Å². The number of hydrogen-bond acceptors (Lipinski definition) is 10. The molecule has 1 amide bonds. The van der Waals surface area contributed by atoms with E-state index in [1.807, 2.05) is 89.3 Å². The number of fused-ring (bicyclic) bond motifs is 2. The number of nitrogens with one attached hydrogen (secondary N) is 1. The zero-order valence-electron chi connectivity index (χ0n) is 33.1. The van der Waals surface area contributed by atoms with Gasteiger partial charge in [0.05, 0.1) is 15.2 Å². The summed E-state index contributed by atoms with van der Waals surface area (Å²) >= 11 is 0. The minimum atomic E-state index is -4.41. The molecule has 2 aliphatic heterocycles. The summed E-state index contributed by atoms with van der Waals surface area (Å²) in [5, 5.41) is 18.4. The van der Waals surface area contributed by atoms with E-state index in [2.05, 4.69) is 35.2 Å². The van der Waals surface area contributed by atoms with Crippen LogP contribution in [0.1, 0.15) is 77.0 Å². The van der Waals surface area contributed by atoms with E-state index in [-0.39, 0.29) is 15.7 Å². The number of nitrogens with zero attached hydrogens (tertiary/aromatic N) is 6. The van der Waals surface area contributed by atoms with Gasteiger partial charge in [-0.25, -0.2) is 0 Å². The number of anilines is 1. The molecule has 0 spiro atoms. The minimum absolute atomic E-state index is 0.0408. The van der Waals surface area contributed by atoms with Crippen molar-refractivity contribution in [2.75, 3.05) is 18.0 Å². The summed E-state index contributed by atoms with van der Waals surface area (Å²) in [5.74, 6) is 0.386. The van der Waals surface area contributed by atoms with Gasteiger partial charge in [-0.3, -0.25) is 13.9 Å². The maximum Gasteiger partial charge on any atom is 0.294 e. The molecule has 58 heavy (non-hydrogen) atoms. The van der Waals surface area contributed by atoms with E-state index >= 15 is 0 Å². The van der Waals surface area contributed by atoms with E-state index in [1.165, 1.54) is 30.6 Å². The molecule has 0 atom stereocenters. The highest BCUT2D eigenvalue weighted by Crippen LogP contribution is 2.48. The van der Waals surface area contributed by atoms with Crippen molar-refractivity contribution in [2.24, 2.45) is 0 Å². The van der Waals surface area contributed by atoms with Crippen molar-refractivity contribution < 1.29 is 35.3 Å². The van der Waals surface area contributed by atoms with Gasteiger partial charge in [0.2, 0.25) is 17.4 Å². The standard InChI is InChI=1S/C42H47N7O7S2/c1-6-48-35-22-20-31(57(51,52)53)25-33(35)41(2,3)37(48)13-9-7-10-14-38-42(4,5)34-26-32(58(54,55)56)21-23-36(34)49(38)24-12-8-11-15-39(50)43-27-29-16-18-30(19-17-29)40-46-44-28-45-47-40/h7,9-10,13-14,16-23,25-26,28H,6,8,11-12,15,24,27H2,1-5H3,(H2-,43,50,51,52,53,54,55,56)/p+1. The molecular weight excluding hydrogens is 779 g/mol. The predicted molar refractivity (Wildman–Crippen MR) is 221 cm³/mol. The second-order valence-corrected chi connectivity index (χ2v) is 18.1. The molecule has 1 aromatic heterocycles. The third-order valence-corrected chi connectivity index (χ3v) is 12.5. The molecule has 0 saturated carbocycles. The van der Waals surface area contributed by atoms with Crippen molar-refractivity contribution in [3.05, 3.63) is 120 Å². The third kappa shape index (κ3) is 8.99. The summed E-state index contributed by atoms with van der Waals surface area (Å²) in [6.07, 6.45) is 13.7. The second-order valence-electron chi connectivity index (χ2n) is 15.3. The molecule has 3 N–H and O–H groups in total. The molecule has 6 rings (SSSR count). The van der Waals surface area contributed by atoms with Crippen LogP contribution in [-0.2, 0) is 42.4 Å². The highest BCUT2D eigenvalue weighted by molar-refractivity contribution is 7.86. The van der Waals surface area contributed by atoms with Crippen LogP contribution in [0, 0.1) is 0 Å². The number of amides is 1. The predicted octanol–water partition coefficient (Wildman–Crippen LogP) is 6.49. The van der Waals surface area contributed by atoms with E-state index in [4.69, 9.17) is 0 Å². The van der Waals surface area contributed by atoms with Crippen LogP contribution in [0.4, 0.5) is 11.4 Å². The molecule has 304 valence electrons. The quantitative estimate of drug-likeness (QED) is 0.0511. The Balaban J connectivity index is 1.13. The molecule has 4 aromatic rings. The fraction of sp³-hybridized carbons (Fsp3) is 0.333. The number of benzene rings is 3. The topological polar surface area (TPSA) is 196 Å². The lowest BCUT2D eigenvalue weighted by atomic mass is 9.81. The smallest absolute Gasteiger partial charge is 0.294 e. The average molecular weight is 827 g/mol. The Bertz CT molecular complexity index is 2550. The van der Waals surface area contributed by atoms with Gasteiger partial charge in [-0.1, -0.05) is 56.3 Å². The van der Waals surface area contributed by atoms with Crippen molar-refractivity contribution in [3.8, 4) is 11.4 Å². The summed E-state index contributed by atoms with van der Waals surface area (Å²) in [6, 6.07) is 16.9. The van der Waals surface area contributed by atoms with Crippen LogP contribution < -0.4 is 10.2 Å². The number of allylic oxidation sites excluding steroid dienone is 6. The van der Waals surface area contributed by atoms with Gasteiger partial charge in [0.1, 0.15) is 6.54 Å². The van der Waals surface area contributed by atoms with Crippen LogP contribution in [0.3, 0.4) is 0 Å². The van der Waals surface area contributed by atoms with Crippen LogP contribution in [0.15, 0.2) is 113 Å². The number of rotatable bonds is 15. The first-order valence-electron chi connectivity index (χ1n) is 19.0. The Hall–Kier alpha value is -5.42. The molecule has 14 nitrogen and oxygen atoms in total. The van der Waals surface area contributed by atoms with Gasteiger partial charge < -0.3 is 10.2 Å². The van der Waals surface area contributed by atoms with E-state index in [0.29, 0.717) is 38.3 Å². The largest absolute Gasteiger partial charge is 0.352 e. The SMILES string of the molecule is CCN1\C(=C/C=C/C=C/C2=[N+](CCCCCC(=O)NCc3ccc(-c4nncnn4)cc3)c3ccc(S(=O)(=O)O)cc3C2(C)C)C(C)(C)c2cc(S(=O)(=O)O)ccc21. The van der Waals surface area contributed by atoms with Gasteiger partial charge >= 0.3 is 0 Å². The Kier molecular flexibility index (Phi) is 12.2. The fourth-order valence-corrected chi connectivity index (χ4v) is 8.70. The van der Waals surface area contributed by atoms with E-state index in [0.717, 1.165) is 57.9 Å². The highest BCUT2D eigenvalue weighted by atomic mass is 32.2. The molecule has 3 aromatic carbocycles. The molecule has 3 heterocycles. The third-order valence-electron chi connectivity index (χ3n) is 10.8. The zero-order chi connectivity index (χ0) is 41.9. The minimum Gasteiger partial charge on any atom is -0.352 e. The monoisotopic (exact) mass is 826 g/mol. The highest BCUT2D eigenvalue weighted by Gasteiger charge is 2.45. The molecule has 0 bridgehead atoms. The second kappa shape index (κ2) is 16.8. The number of aromatic nitrogens is 4. The molecule has 0 saturated heterocycles. The summed E-state index contributed by atoms with van der Waals surface area (Å²) in [4.78, 5) is 14.5. The lowest BCUT2D eigenvalue weighted by molar-refractivity contribution is -0.438. The van der Waals surface area contributed by atoms with Gasteiger partial charge in [0.25, 0.3) is 20.2 Å². The van der Waals surface area contributed by atoms with Gasteiger partial charge in [0.15, 0.2) is 12.0 Å². The molecular formula is C42H48N7O7S2+. The number of carbonyl (C=O) groups excluding carboxylic acids is 1. The van der Waals surface area contributed by atoms with E-state index in [9.17, 15) is 30.7 Å². The Morgan fingerprint density at radius 2 is 1.47 bits per heavy atom. The van der Waals surface area contributed by atoms with Gasteiger partial charge in [-0.2, -0.15) is 21.4 Å². The zero-order valence-corrected chi connectivity index (χ0v) is 34.8. The Labute approximate surface area is 339 Å². The summed E-state index contributed by atoms with van der Waals surface area (Å²) in [6.45, 7) is 11.8. The van der Waals surface area contributed by atoms with Gasteiger partial charge in [-0.05, 0) is 81.1 Å². The molecule has 0 fully saturated rings. The lowest BCUT2D eigenvalue weighted by Gasteiger charge is -2.25. The normalized spacial score (nSPS) is 16.7. The van der Waals surface area contributed by atoms with Gasteiger partial charge in [0, 0.05) is 66.0 Å². The van der Waals surface area contributed by atoms with Crippen molar-refractivity contribution in [2.45, 2.75) is 87.5 Å². The maximum absolute atomic E-state index is 12.7. The maximum atomic E-state index is 12.7. The molecule has 2 aliphatic rings.